The number of methoxy groups -OCH3 is 1. The van der Waals surface area contributed by atoms with Crippen molar-refractivity contribution < 1.29 is 33.4 Å². The average Bonchev–Trinajstić information content (AvgIpc) is 3.07. The number of carbonyl (C=O) groups is 4. The van der Waals surface area contributed by atoms with Crippen LogP contribution in [0.4, 0.5) is 10.5 Å². The third-order valence-electron chi connectivity index (χ3n) is 4.49. The first kappa shape index (κ1) is 26.6. The number of hydrogen-bond donors (Lipinski definition) is 1. The van der Waals surface area contributed by atoms with Crippen LogP contribution in [-0.2, 0) is 19.1 Å². The van der Waals surface area contributed by atoms with Gasteiger partial charge in [-0.15, -0.1) is 0 Å². The fourth-order valence-electron chi connectivity index (χ4n) is 2.96. The van der Waals surface area contributed by atoms with Crippen molar-refractivity contribution in [3.63, 3.8) is 0 Å². The molecule has 0 spiro atoms. The molecule has 0 saturated carbocycles. The molecular weight excluding hydrogens is 564 g/mol. The van der Waals surface area contributed by atoms with E-state index in [0.29, 0.717) is 26.5 Å². The molecule has 0 aromatic heterocycles. The number of nitrogens with zero attached hydrogens (tertiary/aromatic N) is 1. The lowest BCUT2D eigenvalue weighted by atomic mass is 10.2. The Morgan fingerprint density at radius 1 is 1.20 bits per heavy atom. The number of rotatable bonds is 9. The first-order chi connectivity index (χ1) is 16.7. The van der Waals surface area contributed by atoms with E-state index >= 15 is 0 Å². The van der Waals surface area contributed by atoms with Crippen LogP contribution in [0.2, 0.25) is 5.02 Å². The Labute approximate surface area is 218 Å². The lowest BCUT2D eigenvalue weighted by Crippen LogP contribution is -2.36. The predicted octanol–water partition coefficient (Wildman–Crippen LogP) is 4.73. The minimum absolute atomic E-state index is 0.142. The molecule has 9 nitrogen and oxygen atoms in total. The summed E-state index contributed by atoms with van der Waals surface area (Å²) < 4.78 is 16.2. The molecule has 2 aromatic carbocycles. The van der Waals surface area contributed by atoms with E-state index in [1.54, 1.807) is 43.3 Å². The van der Waals surface area contributed by atoms with Crippen LogP contribution in [0.1, 0.15) is 12.5 Å². The molecule has 12 heteroatoms. The molecule has 0 radical (unpaired) electrons. The van der Waals surface area contributed by atoms with Crippen molar-refractivity contribution in [2.24, 2.45) is 0 Å². The molecule has 35 heavy (non-hydrogen) atoms. The van der Waals surface area contributed by atoms with Crippen molar-refractivity contribution in [2.45, 2.75) is 6.92 Å². The molecule has 1 saturated heterocycles. The third-order valence-corrected chi connectivity index (χ3v) is 6.24. The molecule has 184 valence electrons. The summed E-state index contributed by atoms with van der Waals surface area (Å²) in [5, 5.41) is 2.57. The second-order valence-corrected chi connectivity index (χ2v) is 9.23. The van der Waals surface area contributed by atoms with Gasteiger partial charge in [0.1, 0.15) is 6.54 Å². The van der Waals surface area contributed by atoms with Gasteiger partial charge in [-0.3, -0.25) is 19.3 Å². The van der Waals surface area contributed by atoms with Crippen molar-refractivity contribution >= 4 is 74.1 Å². The maximum absolute atomic E-state index is 12.8. The van der Waals surface area contributed by atoms with E-state index in [-0.39, 0.29) is 23.9 Å². The number of thioether (sulfide) groups is 1. The van der Waals surface area contributed by atoms with Gasteiger partial charge in [0, 0.05) is 10.7 Å². The van der Waals surface area contributed by atoms with Gasteiger partial charge in [0.2, 0.25) is 5.91 Å². The van der Waals surface area contributed by atoms with Crippen molar-refractivity contribution in [1.29, 1.82) is 0 Å². The topological polar surface area (TPSA) is 111 Å². The number of esters is 1. The smallest absolute Gasteiger partial charge is 0.344 e. The second-order valence-electron chi connectivity index (χ2n) is 6.95. The van der Waals surface area contributed by atoms with Crippen molar-refractivity contribution in [2.75, 3.05) is 32.2 Å². The molecular formula is C23H20BrClN2O7S. The van der Waals surface area contributed by atoms with Crippen molar-refractivity contribution in [3.05, 3.63) is 56.4 Å². The molecule has 1 aliphatic heterocycles. The van der Waals surface area contributed by atoms with Gasteiger partial charge in [-0.05, 0) is 82.7 Å². The first-order valence-electron chi connectivity index (χ1n) is 10.2. The number of carbonyl (C=O) groups excluding carboxylic acids is 4. The monoisotopic (exact) mass is 582 g/mol. The first-order valence-corrected chi connectivity index (χ1v) is 12.2. The summed E-state index contributed by atoms with van der Waals surface area (Å²) >= 11 is 9.92. The Bertz CT molecular complexity index is 1190. The van der Waals surface area contributed by atoms with Gasteiger partial charge in [-0.2, -0.15) is 0 Å². The minimum Gasteiger partial charge on any atom is -0.493 e. The highest BCUT2D eigenvalue weighted by molar-refractivity contribution is 9.10. The number of hydrogen-bond acceptors (Lipinski definition) is 8. The van der Waals surface area contributed by atoms with Gasteiger partial charge >= 0.3 is 5.97 Å². The number of halogens is 2. The highest BCUT2D eigenvalue weighted by atomic mass is 79.9. The SMILES string of the molecule is CCOC(=O)COc1c(Br)cc(/C=C2\SC(=O)N(CC(=O)Nc3ccc(Cl)cc3)C2=O)cc1OC. The normalized spacial score (nSPS) is 14.3. The predicted molar refractivity (Wildman–Crippen MR) is 136 cm³/mol. The van der Waals surface area contributed by atoms with Gasteiger partial charge in [0.05, 0.1) is 23.1 Å². The number of anilines is 1. The fraction of sp³-hybridized carbons (Fsp3) is 0.217. The Balaban J connectivity index is 1.72. The third kappa shape index (κ3) is 7.00. The van der Waals surface area contributed by atoms with Gasteiger partial charge in [0.25, 0.3) is 11.1 Å². The number of amides is 3. The minimum atomic E-state index is -0.594. The molecule has 2 aromatic rings. The Morgan fingerprint density at radius 2 is 1.91 bits per heavy atom. The summed E-state index contributed by atoms with van der Waals surface area (Å²) in [7, 11) is 1.43. The number of ether oxygens (including phenoxy) is 3. The molecule has 1 N–H and O–H groups in total. The van der Waals surface area contributed by atoms with Gasteiger partial charge in [-0.25, -0.2) is 4.79 Å². The van der Waals surface area contributed by atoms with Crippen molar-refractivity contribution in [3.8, 4) is 11.5 Å². The maximum Gasteiger partial charge on any atom is 0.344 e. The van der Waals surface area contributed by atoms with E-state index in [1.165, 1.54) is 13.2 Å². The second kappa shape index (κ2) is 12.1. The Hall–Kier alpha value is -3.02. The van der Waals surface area contributed by atoms with Crippen LogP contribution in [0, 0.1) is 0 Å². The molecule has 0 atom stereocenters. The van der Waals surface area contributed by atoms with E-state index in [0.717, 1.165) is 16.7 Å². The van der Waals surface area contributed by atoms with Gasteiger partial charge in [0.15, 0.2) is 18.1 Å². The summed E-state index contributed by atoms with van der Waals surface area (Å²) in [6.45, 7) is 1.19. The summed E-state index contributed by atoms with van der Waals surface area (Å²) in [6, 6.07) is 9.68. The Morgan fingerprint density at radius 3 is 2.57 bits per heavy atom. The Kier molecular flexibility index (Phi) is 9.19. The zero-order valence-corrected chi connectivity index (χ0v) is 21.8. The summed E-state index contributed by atoms with van der Waals surface area (Å²) in [6.07, 6.45) is 1.50. The molecule has 0 bridgehead atoms. The highest BCUT2D eigenvalue weighted by Crippen LogP contribution is 2.39. The average molecular weight is 584 g/mol. The summed E-state index contributed by atoms with van der Waals surface area (Å²) in [5.41, 5.74) is 1.03. The largest absolute Gasteiger partial charge is 0.493 e. The van der Waals surface area contributed by atoms with Crippen LogP contribution in [0.3, 0.4) is 0 Å². The van der Waals surface area contributed by atoms with E-state index in [2.05, 4.69) is 21.2 Å². The molecule has 3 rings (SSSR count). The maximum atomic E-state index is 12.8. The molecule has 0 aliphatic carbocycles. The van der Waals surface area contributed by atoms with Crippen LogP contribution in [0.25, 0.3) is 6.08 Å². The van der Waals surface area contributed by atoms with Crippen LogP contribution in [0.15, 0.2) is 45.8 Å². The van der Waals surface area contributed by atoms with E-state index in [9.17, 15) is 19.2 Å². The van der Waals surface area contributed by atoms with E-state index in [1.807, 2.05) is 0 Å². The standard InChI is InChI=1S/C23H20BrClN2O7S/c1-3-33-20(29)12-34-21-16(24)8-13(9-17(21)32-2)10-18-22(30)27(23(31)35-18)11-19(28)26-15-6-4-14(25)5-7-15/h4-10H,3,11-12H2,1-2H3,(H,26,28)/b18-10-. The molecule has 1 heterocycles. The molecule has 0 unspecified atom stereocenters. The van der Waals surface area contributed by atoms with Gasteiger partial charge < -0.3 is 19.5 Å². The van der Waals surface area contributed by atoms with Crippen LogP contribution < -0.4 is 14.8 Å². The van der Waals surface area contributed by atoms with E-state index in [4.69, 9.17) is 25.8 Å². The zero-order valence-electron chi connectivity index (χ0n) is 18.6. The van der Waals surface area contributed by atoms with Gasteiger partial charge in [-0.1, -0.05) is 11.6 Å². The van der Waals surface area contributed by atoms with Crippen LogP contribution >= 0.6 is 39.3 Å². The lowest BCUT2D eigenvalue weighted by molar-refractivity contribution is -0.145. The van der Waals surface area contributed by atoms with Crippen LogP contribution in [-0.4, -0.2) is 54.8 Å². The molecule has 1 fully saturated rings. The number of imide groups is 1. The van der Waals surface area contributed by atoms with Crippen molar-refractivity contribution in [1.82, 2.24) is 4.90 Å². The highest BCUT2D eigenvalue weighted by Gasteiger charge is 2.36. The number of nitrogens with one attached hydrogen (secondary N) is 1. The lowest BCUT2D eigenvalue weighted by Gasteiger charge is -2.13. The fourth-order valence-corrected chi connectivity index (χ4v) is 4.50. The molecule has 1 aliphatic rings. The summed E-state index contributed by atoms with van der Waals surface area (Å²) in [4.78, 5) is 50.1. The van der Waals surface area contributed by atoms with Crippen LogP contribution in [0.5, 0.6) is 11.5 Å². The van der Waals surface area contributed by atoms with E-state index < -0.39 is 29.6 Å². The quantitative estimate of drug-likeness (QED) is 0.333. The zero-order chi connectivity index (χ0) is 25.5. The summed E-state index contributed by atoms with van der Waals surface area (Å²) in [5.74, 6) is -1.06. The molecule has 3 amide bonds. The number of benzene rings is 2.